The molecular weight excluding hydrogens is 248 g/mol. The minimum atomic E-state index is -0.674. The van der Waals surface area contributed by atoms with E-state index in [0.29, 0.717) is 5.82 Å². The van der Waals surface area contributed by atoms with Crippen molar-refractivity contribution in [1.82, 2.24) is 9.97 Å². The first-order chi connectivity index (χ1) is 8.81. The van der Waals surface area contributed by atoms with Gasteiger partial charge in [0.15, 0.2) is 0 Å². The minimum absolute atomic E-state index is 0.102. The van der Waals surface area contributed by atoms with Crippen LogP contribution >= 0.6 is 0 Å². The molecule has 1 aromatic heterocycles. The highest BCUT2D eigenvalue weighted by Crippen LogP contribution is 2.32. The largest absolute Gasteiger partial charge is 0.462 e. The summed E-state index contributed by atoms with van der Waals surface area (Å²) in [6.07, 6.45) is 0.862. The number of carbonyl (C=O) groups is 1. The SMILES string of the molecule is CCOC(=O)c1cnc(C(OC)C(C)(C)C)[nH]c1=O. The summed E-state index contributed by atoms with van der Waals surface area (Å²) < 4.78 is 10.1. The molecule has 0 bridgehead atoms. The second-order valence-electron chi connectivity index (χ2n) is 5.21. The van der Waals surface area contributed by atoms with Crippen LogP contribution in [-0.2, 0) is 9.47 Å². The third-order valence-electron chi connectivity index (χ3n) is 2.58. The predicted molar refractivity (Wildman–Crippen MR) is 70.0 cm³/mol. The van der Waals surface area contributed by atoms with Gasteiger partial charge in [0.2, 0.25) is 0 Å². The van der Waals surface area contributed by atoms with Gasteiger partial charge in [0.1, 0.15) is 17.5 Å². The van der Waals surface area contributed by atoms with Crippen molar-refractivity contribution in [2.45, 2.75) is 33.8 Å². The van der Waals surface area contributed by atoms with Gasteiger partial charge in [0.25, 0.3) is 5.56 Å². The lowest BCUT2D eigenvalue weighted by molar-refractivity contribution is 0.00838. The number of nitrogens with zero attached hydrogens (tertiary/aromatic N) is 1. The van der Waals surface area contributed by atoms with Crippen molar-refractivity contribution in [1.29, 1.82) is 0 Å². The van der Waals surface area contributed by atoms with E-state index in [1.54, 1.807) is 14.0 Å². The van der Waals surface area contributed by atoms with E-state index < -0.39 is 11.5 Å². The van der Waals surface area contributed by atoms with Gasteiger partial charge in [-0.1, -0.05) is 20.8 Å². The van der Waals surface area contributed by atoms with Crippen LogP contribution in [0.15, 0.2) is 11.0 Å². The zero-order valence-electron chi connectivity index (χ0n) is 11.9. The van der Waals surface area contributed by atoms with E-state index in [9.17, 15) is 9.59 Å². The van der Waals surface area contributed by atoms with Crippen molar-refractivity contribution in [3.05, 3.63) is 27.9 Å². The molecule has 1 aromatic rings. The number of rotatable bonds is 4. The minimum Gasteiger partial charge on any atom is -0.462 e. The van der Waals surface area contributed by atoms with Crippen LogP contribution in [0.4, 0.5) is 0 Å². The van der Waals surface area contributed by atoms with E-state index in [1.807, 2.05) is 20.8 Å². The quantitative estimate of drug-likeness (QED) is 0.840. The Morgan fingerprint density at radius 3 is 2.53 bits per heavy atom. The molecule has 6 heteroatoms. The van der Waals surface area contributed by atoms with E-state index in [-0.39, 0.29) is 23.7 Å². The zero-order chi connectivity index (χ0) is 14.6. The first-order valence-corrected chi connectivity index (χ1v) is 6.10. The highest BCUT2D eigenvalue weighted by molar-refractivity contribution is 5.88. The van der Waals surface area contributed by atoms with Crippen molar-refractivity contribution in [3.63, 3.8) is 0 Å². The van der Waals surface area contributed by atoms with Gasteiger partial charge in [-0.3, -0.25) is 4.79 Å². The molecule has 0 radical (unpaired) electrons. The van der Waals surface area contributed by atoms with Gasteiger partial charge in [0, 0.05) is 13.3 Å². The Morgan fingerprint density at radius 2 is 2.11 bits per heavy atom. The molecular formula is C13H20N2O4. The van der Waals surface area contributed by atoms with Gasteiger partial charge >= 0.3 is 5.97 Å². The second-order valence-corrected chi connectivity index (χ2v) is 5.21. The Morgan fingerprint density at radius 1 is 1.47 bits per heavy atom. The normalized spacial score (nSPS) is 13.1. The van der Waals surface area contributed by atoms with E-state index in [4.69, 9.17) is 9.47 Å². The number of methoxy groups -OCH3 is 1. The second kappa shape index (κ2) is 5.97. The van der Waals surface area contributed by atoms with Gasteiger partial charge < -0.3 is 14.5 Å². The highest BCUT2D eigenvalue weighted by atomic mass is 16.5. The van der Waals surface area contributed by atoms with Gasteiger partial charge in [0.05, 0.1) is 6.61 Å². The number of nitrogens with one attached hydrogen (secondary N) is 1. The maximum absolute atomic E-state index is 11.9. The van der Waals surface area contributed by atoms with Crippen molar-refractivity contribution >= 4 is 5.97 Å². The molecule has 19 heavy (non-hydrogen) atoms. The lowest BCUT2D eigenvalue weighted by atomic mass is 9.88. The number of ether oxygens (including phenoxy) is 2. The molecule has 1 N–H and O–H groups in total. The maximum atomic E-state index is 11.9. The molecule has 0 amide bonds. The molecule has 1 unspecified atom stereocenters. The number of hydrogen-bond acceptors (Lipinski definition) is 5. The highest BCUT2D eigenvalue weighted by Gasteiger charge is 2.28. The zero-order valence-corrected chi connectivity index (χ0v) is 11.9. The summed E-state index contributed by atoms with van der Waals surface area (Å²) in [5.74, 6) is -0.277. The molecule has 1 heterocycles. The van der Waals surface area contributed by atoms with Crippen LogP contribution in [0.2, 0.25) is 0 Å². The predicted octanol–water partition coefficient (Wildman–Crippen LogP) is 1.68. The van der Waals surface area contributed by atoms with E-state index >= 15 is 0 Å². The Bertz CT molecular complexity index is 502. The smallest absolute Gasteiger partial charge is 0.345 e. The number of hydrogen-bond donors (Lipinski definition) is 1. The fourth-order valence-corrected chi connectivity index (χ4v) is 1.77. The third-order valence-corrected chi connectivity index (χ3v) is 2.58. The molecule has 0 saturated heterocycles. The van der Waals surface area contributed by atoms with Crippen LogP contribution in [0.5, 0.6) is 0 Å². The molecule has 0 aliphatic carbocycles. The molecule has 1 atom stereocenters. The summed E-state index contributed by atoms with van der Waals surface area (Å²) in [7, 11) is 1.55. The summed E-state index contributed by atoms with van der Waals surface area (Å²) in [5.41, 5.74) is -0.847. The fraction of sp³-hybridized carbons (Fsp3) is 0.615. The standard InChI is InChI=1S/C13H20N2O4/c1-6-19-12(17)8-7-14-10(15-11(8)16)9(18-5)13(2,3)4/h7,9H,6H2,1-5H3,(H,14,15,16). The molecule has 0 spiro atoms. The summed E-state index contributed by atoms with van der Waals surface area (Å²) in [6, 6.07) is 0. The molecule has 0 saturated carbocycles. The van der Waals surface area contributed by atoms with E-state index in [0.717, 1.165) is 0 Å². The van der Waals surface area contributed by atoms with Gasteiger partial charge in [-0.2, -0.15) is 0 Å². The summed E-state index contributed by atoms with van der Waals surface area (Å²) in [6.45, 7) is 7.80. The van der Waals surface area contributed by atoms with Gasteiger partial charge in [-0.05, 0) is 12.3 Å². The molecule has 0 fully saturated rings. The van der Waals surface area contributed by atoms with Crippen LogP contribution in [0.25, 0.3) is 0 Å². The van der Waals surface area contributed by atoms with Gasteiger partial charge in [-0.15, -0.1) is 0 Å². The van der Waals surface area contributed by atoms with Gasteiger partial charge in [-0.25, -0.2) is 9.78 Å². The summed E-state index contributed by atoms with van der Waals surface area (Å²) in [4.78, 5) is 30.0. The molecule has 1 rings (SSSR count). The number of aromatic amines is 1. The molecule has 106 valence electrons. The third kappa shape index (κ3) is 3.64. The van der Waals surface area contributed by atoms with Crippen LogP contribution < -0.4 is 5.56 Å². The molecule has 0 aliphatic heterocycles. The van der Waals surface area contributed by atoms with Crippen LogP contribution in [0, 0.1) is 5.41 Å². The first kappa shape index (κ1) is 15.4. The number of H-pyrrole nitrogens is 1. The molecule has 0 aromatic carbocycles. The van der Waals surface area contributed by atoms with Crippen LogP contribution in [0.3, 0.4) is 0 Å². The van der Waals surface area contributed by atoms with Crippen molar-refractivity contribution in [3.8, 4) is 0 Å². The van der Waals surface area contributed by atoms with Crippen LogP contribution in [-0.4, -0.2) is 29.7 Å². The Balaban J connectivity index is 3.12. The average Bonchev–Trinajstić information content (AvgIpc) is 2.28. The monoisotopic (exact) mass is 268 g/mol. The average molecular weight is 268 g/mol. The van der Waals surface area contributed by atoms with Crippen molar-refractivity contribution < 1.29 is 14.3 Å². The molecule has 6 nitrogen and oxygen atoms in total. The Kier molecular flexibility index (Phi) is 4.83. The summed E-state index contributed by atoms with van der Waals surface area (Å²) >= 11 is 0. The lowest BCUT2D eigenvalue weighted by Gasteiger charge is -2.28. The fourth-order valence-electron chi connectivity index (χ4n) is 1.77. The molecule has 0 aliphatic rings. The first-order valence-electron chi connectivity index (χ1n) is 6.10. The number of carbonyl (C=O) groups excluding carboxylic acids is 1. The maximum Gasteiger partial charge on any atom is 0.345 e. The van der Waals surface area contributed by atoms with Crippen LogP contribution in [0.1, 0.15) is 50.0 Å². The number of aromatic nitrogens is 2. The van der Waals surface area contributed by atoms with E-state index in [2.05, 4.69) is 9.97 Å². The van der Waals surface area contributed by atoms with Crippen molar-refractivity contribution in [2.24, 2.45) is 5.41 Å². The van der Waals surface area contributed by atoms with E-state index in [1.165, 1.54) is 6.20 Å². The number of esters is 1. The Hall–Kier alpha value is -1.69. The topological polar surface area (TPSA) is 81.3 Å². The lowest BCUT2D eigenvalue weighted by Crippen LogP contribution is -2.28. The Labute approximate surface area is 112 Å². The van der Waals surface area contributed by atoms with Crippen molar-refractivity contribution in [2.75, 3.05) is 13.7 Å². The summed E-state index contributed by atoms with van der Waals surface area (Å²) in [5, 5.41) is 0.